The minimum Gasteiger partial charge on any atom is -0.337 e. The fourth-order valence-electron chi connectivity index (χ4n) is 3.31. The van der Waals surface area contributed by atoms with Crippen molar-refractivity contribution in [3.05, 3.63) is 102 Å². The Balaban J connectivity index is 1.64. The van der Waals surface area contributed by atoms with Crippen LogP contribution in [-0.2, 0) is 12.7 Å². The summed E-state index contributed by atoms with van der Waals surface area (Å²) in [5.74, 6) is -0.300. The Morgan fingerprint density at radius 3 is 2.34 bits per heavy atom. The van der Waals surface area contributed by atoms with E-state index in [4.69, 9.17) is 0 Å². The molecule has 32 heavy (non-hydrogen) atoms. The van der Waals surface area contributed by atoms with Gasteiger partial charge in [-0.25, -0.2) is 4.68 Å². The third kappa shape index (κ3) is 4.54. The molecule has 0 radical (unpaired) electrons. The Labute approximate surface area is 182 Å². The second-order valence-electron chi connectivity index (χ2n) is 7.27. The number of pyridine rings is 1. The molecule has 2 heterocycles. The zero-order valence-corrected chi connectivity index (χ0v) is 17.1. The predicted molar refractivity (Wildman–Crippen MR) is 114 cm³/mol. The van der Waals surface area contributed by atoms with Crippen LogP contribution in [0.4, 0.5) is 13.2 Å². The molecule has 1 amide bonds. The van der Waals surface area contributed by atoms with E-state index in [-0.39, 0.29) is 12.5 Å². The average molecular weight is 436 g/mol. The fourth-order valence-corrected chi connectivity index (χ4v) is 3.31. The third-order valence-electron chi connectivity index (χ3n) is 4.95. The summed E-state index contributed by atoms with van der Waals surface area (Å²) in [7, 11) is 1.60. The van der Waals surface area contributed by atoms with Gasteiger partial charge in [-0.05, 0) is 42.0 Å². The van der Waals surface area contributed by atoms with Crippen molar-refractivity contribution >= 4 is 5.91 Å². The molecule has 4 aromatic rings. The van der Waals surface area contributed by atoms with E-state index in [0.29, 0.717) is 22.4 Å². The maximum absolute atomic E-state index is 13.3. The van der Waals surface area contributed by atoms with Crippen molar-refractivity contribution in [3.8, 4) is 16.9 Å². The van der Waals surface area contributed by atoms with Crippen LogP contribution in [-0.4, -0.2) is 32.6 Å². The van der Waals surface area contributed by atoms with Gasteiger partial charge < -0.3 is 4.90 Å². The molecule has 0 aliphatic heterocycles. The topological polar surface area (TPSA) is 51.0 Å². The van der Waals surface area contributed by atoms with Crippen LogP contribution in [0.5, 0.6) is 0 Å². The van der Waals surface area contributed by atoms with E-state index < -0.39 is 11.7 Å². The number of carbonyl (C=O) groups excluding carboxylic acids is 1. The summed E-state index contributed by atoms with van der Waals surface area (Å²) < 4.78 is 40.0. The Morgan fingerprint density at radius 1 is 1.00 bits per heavy atom. The van der Waals surface area contributed by atoms with Gasteiger partial charge in [-0.15, -0.1) is 0 Å². The highest BCUT2D eigenvalue weighted by Gasteiger charge is 2.30. The number of benzene rings is 2. The standard InChI is InChI=1S/C24H19F3N4O/c1-30(15-17-9-11-19(12-10-17)24(25,26)27)23(32)21-16-31(20-7-3-2-4-8-20)29-22(21)18-6-5-13-28-14-18/h2-14,16H,15H2,1H3. The number of carbonyl (C=O) groups is 1. The Hall–Kier alpha value is -3.94. The molecular weight excluding hydrogens is 417 g/mol. The maximum atomic E-state index is 13.3. The minimum atomic E-state index is -4.40. The summed E-state index contributed by atoms with van der Waals surface area (Å²) >= 11 is 0. The second kappa shape index (κ2) is 8.66. The van der Waals surface area contributed by atoms with Crippen LogP contribution in [0.25, 0.3) is 16.9 Å². The SMILES string of the molecule is CN(Cc1ccc(C(F)(F)F)cc1)C(=O)c1cn(-c2ccccc2)nc1-c1cccnc1. The number of para-hydroxylation sites is 1. The Morgan fingerprint density at radius 2 is 1.72 bits per heavy atom. The van der Waals surface area contributed by atoms with E-state index in [1.165, 1.54) is 17.0 Å². The maximum Gasteiger partial charge on any atom is 0.416 e. The van der Waals surface area contributed by atoms with E-state index in [0.717, 1.165) is 17.8 Å². The van der Waals surface area contributed by atoms with Crippen LogP contribution >= 0.6 is 0 Å². The van der Waals surface area contributed by atoms with E-state index in [9.17, 15) is 18.0 Å². The van der Waals surface area contributed by atoms with E-state index >= 15 is 0 Å². The van der Waals surface area contributed by atoms with Crippen molar-refractivity contribution in [2.24, 2.45) is 0 Å². The van der Waals surface area contributed by atoms with Crippen LogP contribution in [0.15, 0.2) is 85.3 Å². The highest BCUT2D eigenvalue weighted by atomic mass is 19.4. The van der Waals surface area contributed by atoms with Gasteiger partial charge in [0.2, 0.25) is 0 Å². The van der Waals surface area contributed by atoms with Gasteiger partial charge in [-0.3, -0.25) is 9.78 Å². The molecule has 0 aliphatic carbocycles. The van der Waals surface area contributed by atoms with Crippen molar-refractivity contribution < 1.29 is 18.0 Å². The summed E-state index contributed by atoms with van der Waals surface area (Å²) in [6, 6.07) is 17.7. The minimum absolute atomic E-state index is 0.153. The molecule has 8 heteroatoms. The van der Waals surface area contributed by atoms with Gasteiger partial charge in [0.25, 0.3) is 5.91 Å². The molecular formula is C24H19F3N4O. The van der Waals surface area contributed by atoms with Crippen molar-refractivity contribution in [3.63, 3.8) is 0 Å². The quantitative estimate of drug-likeness (QED) is 0.431. The smallest absolute Gasteiger partial charge is 0.337 e. The van der Waals surface area contributed by atoms with Gasteiger partial charge in [0.1, 0.15) is 5.69 Å². The number of nitrogens with zero attached hydrogens (tertiary/aromatic N) is 4. The lowest BCUT2D eigenvalue weighted by Gasteiger charge is -2.17. The van der Waals surface area contributed by atoms with Crippen LogP contribution in [0.3, 0.4) is 0 Å². The van der Waals surface area contributed by atoms with Gasteiger partial charge in [-0.2, -0.15) is 18.3 Å². The zero-order chi connectivity index (χ0) is 22.7. The molecule has 2 aromatic heterocycles. The first-order valence-electron chi connectivity index (χ1n) is 9.80. The zero-order valence-electron chi connectivity index (χ0n) is 17.1. The van der Waals surface area contributed by atoms with Gasteiger partial charge in [0.05, 0.1) is 16.8 Å². The molecule has 0 atom stereocenters. The lowest BCUT2D eigenvalue weighted by atomic mass is 10.1. The highest BCUT2D eigenvalue weighted by Crippen LogP contribution is 2.29. The number of halogens is 3. The largest absolute Gasteiger partial charge is 0.416 e. The first-order valence-corrected chi connectivity index (χ1v) is 9.80. The van der Waals surface area contributed by atoms with E-state index in [1.807, 2.05) is 36.4 Å². The van der Waals surface area contributed by atoms with Gasteiger partial charge in [0, 0.05) is 37.7 Å². The molecule has 0 fully saturated rings. The average Bonchev–Trinajstić information content (AvgIpc) is 3.25. The van der Waals surface area contributed by atoms with Gasteiger partial charge >= 0.3 is 6.18 Å². The van der Waals surface area contributed by atoms with Gasteiger partial charge in [-0.1, -0.05) is 30.3 Å². The monoisotopic (exact) mass is 436 g/mol. The van der Waals surface area contributed by atoms with Crippen molar-refractivity contribution in [1.82, 2.24) is 19.7 Å². The highest BCUT2D eigenvalue weighted by molar-refractivity contribution is 5.99. The van der Waals surface area contributed by atoms with Crippen LogP contribution < -0.4 is 0 Å². The lowest BCUT2D eigenvalue weighted by Crippen LogP contribution is -2.26. The summed E-state index contributed by atoms with van der Waals surface area (Å²) in [6.45, 7) is 0.153. The summed E-state index contributed by atoms with van der Waals surface area (Å²) in [4.78, 5) is 18.9. The van der Waals surface area contributed by atoms with Crippen molar-refractivity contribution in [2.45, 2.75) is 12.7 Å². The van der Waals surface area contributed by atoms with E-state index in [2.05, 4.69) is 10.1 Å². The Kier molecular flexibility index (Phi) is 5.77. The first kappa shape index (κ1) is 21.3. The molecule has 0 unspecified atom stereocenters. The molecule has 0 spiro atoms. The summed E-state index contributed by atoms with van der Waals surface area (Å²) in [5, 5.41) is 4.60. The second-order valence-corrected chi connectivity index (χ2v) is 7.27. The number of hydrogen-bond acceptors (Lipinski definition) is 3. The van der Waals surface area contributed by atoms with Gasteiger partial charge in [0.15, 0.2) is 0 Å². The lowest BCUT2D eigenvalue weighted by molar-refractivity contribution is -0.137. The van der Waals surface area contributed by atoms with E-state index in [1.54, 1.807) is 36.4 Å². The molecule has 0 saturated heterocycles. The summed E-state index contributed by atoms with van der Waals surface area (Å²) in [5.41, 5.74) is 2.20. The number of aromatic nitrogens is 3. The third-order valence-corrected chi connectivity index (χ3v) is 4.95. The predicted octanol–water partition coefficient (Wildman–Crippen LogP) is 5.23. The molecule has 0 bridgehead atoms. The molecule has 0 saturated carbocycles. The molecule has 4 rings (SSSR count). The summed E-state index contributed by atoms with van der Waals surface area (Å²) in [6.07, 6.45) is 0.522. The first-order chi connectivity index (χ1) is 15.3. The van der Waals surface area contributed by atoms with Crippen molar-refractivity contribution in [1.29, 1.82) is 0 Å². The number of hydrogen-bond donors (Lipinski definition) is 0. The number of amides is 1. The fraction of sp³-hybridized carbons (Fsp3) is 0.125. The van der Waals surface area contributed by atoms with Crippen LogP contribution in [0, 0.1) is 0 Å². The molecule has 5 nitrogen and oxygen atoms in total. The molecule has 0 N–H and O–H groups in total. The number of rotatable bonds is 5. The Bertz CT molecular complexity index is 1200. The molecule has 0 aliphatic rings. The van der Waals surface area contributed by atoms with Crippen LogP contribution in [0.1, 0.15) is 21.5 Å². The van der Waals surface area contributed by atoms with Crippen molar-refractivity contribution in [2.75, 3.05) is 7.05 Å². The molecule has 2 aromatic carbocycles. The number of alkyl halides is 3. The normalized spacial score (nSPS) is 11.4. The molecule has 162 valence electrons. The van der Waals surface area contributed by atoms with Crippen LogP contribution in [0.2, 0.25) is 0 Å².